The molecule has 0 aromatic rings. The van der Waals surface area contributed by atoms with Crippen LogP contribution in [0.4, 0.5) is 0 Å². The number of rotatable bonds is 10. The average molecular weight is 443 g/mol. The van der Waals surface area contributed by atoms with Gasteiger partial charge in [-0.3, -0.25) is 4.99 Å². The molecule has 6 heteroatoms. The van der Waals surface area contributed by atoms with E-state index in [1.54, 1.807) is 7.11 Å². The molecule has 2 N–H and O–H groups in total. The lowest BCUT2D eigenvalue weighted by Crippen LogP contribution is -2.39. The molecule has 1 rings (SSSR count). The Hall–Kier alpha value is 0.310. The van der Waals surface area contributed by atoms with Crippen LogP contribution in [0.1, 0.15) is 45.4 Å². The zero-order chi connectivity index (χ0) is 15.4. The van der Waals surface area contributed by atoms with Crippen molar-refractivity contribution in [1.82, 2.24) is 10.6 Å². The lowest BCUT2D eigenvalue weighted by atomic mass is 9.83. The van der Waals surface area contributed by atoms with E-state index in [0.717, 1.165) is 38.6 Å². The Kier molecular flexibility index (Phi) is 13.9. The van der Waals surface area contributed by atoms with Crippen molar-refractivity contribution >= 4 is 41.7 Å². The van der Waals surface area contributed by atoms with Gasteiger partial charge in [-0.1, -0.05) is 12.8 Å². The van der Waals surface area contributed by atoms with E-state index in [0.29, 0.717) is 5.41 Å². The van der Waals surface area contributed by atoms with Gasteiger partial charge < -0.3 is 15.4 Å². The molecule has 0 spiro atoms. The summed E-state index contributed by atoms with van der Waals surface area (Å²) in [6.45, 7) is 5.81. The van der Waals surface area contributed by atoms with E-state index in [1.165, 1.54) is 37.9 Å². The van der Waals surface area contributed by atoms with Crippen molar-refractivity contribution in [3.05, 3.63) is 0 Å². The van der Waals surface area contributed by atoms with Crippen molar-refractivity contribution in [3.8, 4) is 0 Å². The summed E-state index contributed by atoms with van der Waals surface area (Å²) >= 11 is 1.89. The Labute approximate surface area is 158 Å². The first-order chi connectivity index (χ1) is 10.3. The van der Waals surface area contributed by atoms with Gasteiger partial charge in [-0.15, -0.1) is 24.0 Å². The minimum atomic E-state index is 0. The van der Waals surface area contributed by atoms with Crippen molar-refractivity contribution < 1.29 is 4.74 Å². The second kappa shape index (κ2) is 13.7. The Morgan fingerprint density at radius 1 is 1.27 bits per heavy atom. The second-order valence-electron chi connectivity index (χ2n) is 5.92. The van der Waals surface area contributed by atoms with Gasteiger partial charge in [0, 0.05) is 33.4 Å². The van der Waals surface area contributed by atoms with Crippen molar-refractivity contribution in [1.29, 1.82) is 0 Å². The van der Waals surface area contributed by atoms with Gasteiger partial charge in [0.2, 0.25) is 0 Å². The molecule has 0 aliphatic heterocycles. The zero-order valence-corrected chi connectivity index (χ0v) is 17.6. The topological polar surface area (TPSA) is 45.7 Å². The van der Waals surface area contributed by atoms with Crippen molar-refractivity contribution in [2.24, 2.45) is 10.4 Å². The third-order valence-corrected chi connectivity index (χ3v) is 4.93. The fourth-order valence-corrected chi connectivity index (χ4v) is 3.38. The van der Waals surface area contributed by atoms with Gasteiger partial charge in [0.1, 0.15) is 0 Å². The lowest BCUT2D eigenvalue weighted by Gasteiger charge is -2.27. The largest absolute Gasteiger partial charge is 0.385 e. The molecule has 1 saturated carbocycles. The van der Waals surface area contributed by atoms with Crippen LogP contribution in [0.15, 0.2) is 4.99 Å². The standard InChI is InChI=1S/C16H33N3OS.HI/c1-4-17-15(18-11-7-13-21-3)19-14-16(10-12-20-2)8-5-6-9-16;/h4-14H2,1-3H3,(H2,17,18,19);1H. The van der Waals surface area contributed by atoms with Gasteiger partial charge in [0.15, 0.2) is 5.96 Å². The van der Waals surface area contributed by atoms with E-state index >= 15 is 0 Å². The smallest absolute Gasteiger partial charge is 0.191 e. The van der Waals surface area contributed by atoms with E-state index in [4.69, 9.17) is 9.73 Å². The summed E-state index contributed by atoms with van der Waals surface area (Å²) in [5.41, 5.74) is 0.373. The maximum absolute atomic E-state index is 5.29. The first-order valence-corrected chi connectivity index (χ1v) is 9.66. The normalized spacial score (nSPS) is 17.1. The Balaban J connectivity index is 0.00000441. The molecule has 0 heterocycles. The third-order valence-electron chi connectivity index (χ3n) is 4.24. The minimum Gasteiger partial charge on any atom is -0.385 e. The predicted molar refractivity (Wildman–Crippen MR) is 110 cm³/mol. The maximum Gasteiger partial charge on any atom is 0.191 e. The molecule has 0 radical (unpaired) electrons. The fourth-order valence-electron chi connectivity index (χ4n) is 2.94. The number of halogens is 1. The highest BCUT2D eigenvalue weighted by atomic mass is 127. The Morgan fingerprint density at radius 3 is 2.59 bits per heavy atom. The molecule has 1 aliphatic carbocycles. The van der Waals surface area contributed by atoms with Gasteiger partial charge >= 0.3 is 0 Å². The molecule has 0 unspecified atom stereocenters. The highest BCUT2D eigenvalue weighted by Crippen LogP contribution is 2.41. The van der Waals surface area contributed by atoms with Gasteiger partial charge in [-0.25, -0.2) is 0 Å². The van der Waals surface area contributed by atoms with Crippen molar-refractivity contribution in [3.63, 3.8) is 0 Å². The molecular formula is C16H34IN3OS. The first kappa shape index (κ1) is 22.3. The Morgan fingerprint density at radius 2 is 2.00 bits per heavy atom. The van der Waals surface area contributed by atoms with Crippen molar-refractivity contribution in [2.75, 3.05) is 45.4 Å². The third kappa shape index (κ3) is 8.82. The molecular weight excluding hydrogens is 409 g/mol. The van der Waals surface area contributed by atoms with Crippen LogP contribution in [-0.2, 0) is 4.74 Å². The molecule has 4 nitrogen and oxygen atoms in total. The van der Waals surface area contributed by atoms with Crippen LogP contribution >= 0.6 is 35.7 Å². The number of nitrogens with zero attached hydrogens (tertiary/aromatic N) is 1. The molecule has 0 atom stereocenters. The predicted octanol–water partition coefficient (Wildman–Crippen LogP) is 3.51. The highest BCUT2D eigenvalue weighted by Gasteiger charge is 2.33. The molecule has 0 aromatic carbocycles. The summed E-state index contributed by atoms with van der Waals surface area (Å²) in [5, 5.41) is 6.80. The van der Waals surface area contributed by atoms with Gasteiger partial charge in [-0.05, 0) is 50.0 Å². The molecule has 0 amide bonds. The van der Waals surface area contributed by atoms with E-state index in [9.17, 15) is 0 Å². The lowest BCUT2D eigenvalue weighted by molar-refractivity contribution is 0.141. The number of hydrogen-bond acceptors (Lipinski definition) is 3. The number of thioether (sulfide) groups is 1. The van der Waals surface area contributed by atoms with Gasteiger partial charge in [0.05, 0.1) is 0 Å². The van der Waals surface area contributed by atoms with E-state index in [1.807, 2.05) is 11.8 Å². The maximum atomic E-state index is 5.29. The average Bonchev–Trinajstić information content (AvgIpc) is 2.96. The highest BCUT2D eigenvalue weighted by molar-refractivity contribution is 14.0. The summed E-state index contributed by atoms with van der Waals surface area (Å²) in [5.74, 6) is 2.17. The number of ether oxygens (including phenoxy) is 1. The number of methoxy groups -OCH3 is 1. The molecule has 0 aromatic heterocycles. The number of nitrogens with one attached hydrogen (secondary N) is 2. The Bertz CT molecular complexity index is 297. The van der Waals surface area contributed by atoms with Crippen LogP contribution in [0, 0.1) is 5.41 Å². The van der Waals surface area contributed by atoms with Crippen LogP contribution in [0.5, 0.6) is 0 Å². The molecule has 1 aliphatic rings. The van der Waals surface area contributed by atoms with Crippen LogP contribution in [0.2, 0.25) is 0 Å². The van der Waals surface area contributed by atoms with E-state index in [2.05, 4.69) is 23.8 Å². The summed E-state index contributed by atoms with van der Waals surface area (Å²) in [7, 11) is 1.79. The van der Waals surface area contributed by atoms with Crippen LogP contribution in [0.3, 0.4) is 0 Å². The van der Waals surface area contributed by atoms with E-state index < -0.39 is 0 Å². The molecule has 1 fully saturated rings. The van der Waals surface area contributed by atoms with Crippen LogP contribution in [0.25, 0.3) is 0 Å². The zero-order valence-electron chi connectivity index (χ0n) is 14.5. The molecule has 0 bridgehead atoms. The molecule has 132 valence electrons. The number of guanidine groups is 1. The monoisotopic (exact) mass is 443 g/mol. The van der Waals surface area contributed by atoms with Crippen LogP contribution in [-0.4, -0.2) is 51.3 Å². The quantitative estimate of drug-likeness (QED) is 0.235. The number of hydrogen-bond donors (Lipinski definition) is 2. The molecule has 22 heavy (non-hydrogen) atoms. The SMILES string of the molecule is CCNC(=NCC1(CCOC)CCCC1)NCCCSC.I. The number of aliphatic imine (C=N–C) groups is 1. The second-order valence-corrected chi connectivity index (χ2v) is 6.90. The first-order valence-electron chi connectivity index (χ1n) is 8.26. The molecule has 0 saturated heterocycles. The van der Waals surface area contributed by atoms with Crippen LogP contribution < -0.4 is 10.6 Å². The van der Waals surface area contributed by atoms with Gasteiger partial charge in [-0.2, -0.15) is 11.8 Å². The van der Waals surface area contributed by atoms with E-state index in [-0.39, 0.29) is 24.0 Å². The summed E-state index contributed by atoms with van der Waals surface area (Å²) in [4.78, 5) is 4.85. The van der Waals surface area contributed by atoms with Gasteiger partial charge in [0.25, 0.3) is 0 Å². The summed E-state index contributed by atoms with van der Waals surface area (Å²) in [6, 6.07) is 0. The fraction of sp³-hybridized carbons (Fsp3) is 0.938. The minimum absolute atomic E-state index is 0. The summed E-state index contributed by atoms with van der Waals surface area (Å²) in [6.07, 6.45) is 9.75. The summed E-state index contributed by atoms with van der Waals surface area (Å²) < 4.78 is 5.29. The van der Waals surface area contributed by atoms with Crippen molar-refractivity contribution in [2.45, 2.75) is 45.4 Å².